The molecule has 0 unspecified atom stereocenters. The van der Waals surface area contributed by atoms with Crippen LogP contribution in [0.4, 0.5) is 17.1 Å². The lowest BCUT2D eigenvalue weighted by molar-refractivity contribution is 0.752. The van der Waals surface area contributed by atoms with Crippen molar-refractivity contribution in [3.8, 4) is 11.1 Å². The summed E-state index contributed by atoms with van der Waals surface area (Å²) in [4.78, 5) is 15.6. The van der Waals surface area contributed by atoms with Crippen molar-refractivity contribution in [2.24, 2.45) is 7.05 Å². The van der Waals surface area contributed by atoms with Gasteiger partial charge in [0.2, 0.25) is 0 Å². The first-order valence-corrected chi connectivity index (χ1v) is 13.4. The van der Waals surface area contributed by atoms with Crippen molar-refractivity contribution < 1.29 is 0 Å². The number of hydrogen-bond donors (Lipinski definition) is 0. The Balaban J connectivity index is 1.49. The number of benzene rings is 5. The van der Waals surface area contributed by atoms with E-state index >= 15 is 0 Å². The summed E-state index contributed by atoms with van der Waals surface area (Å²) < 4.78 is 1.68. The number of pyridine rings is 1. The predicted molar refractivity (Wildman–Crippen MR) is 159 cm³/mol. The zero-order valence-corrected chi connectivity index (χ0v) is 21.8. The molecular formula is C36H26N2O. The van der Waals surface area contributed by atoms with Crippen LogP contribution in [0.25, 0.3) is 21.9 Å². The molecule has 5 aromatic carbocycles. The van der Waals surface area contributed by atoms with E-state index < -0.39 is 5.41 Å². The van der Waals surface area contributed by atoms with Gasteiger partial charge in [-0.1, -0.05) is 91.0 Å². The highest BCUT2D eigenvalue weighted by molar-refractivity contribution is 5.97. The van der Waals surface area contributed by atoms with Gasteiger partial charge in [-0.05, 0) is 75.5 Å². The largest absolute Gasteiger partial charge is 0.318 e. The summed E-state index contributed by atoms with van der Waals surface area (Å²) >= 11 is 0. The van der Waals surface area contributed by atoms with E-state index in [-0.39, 0.29) is 5.56 Å². The van der Waals surface area contributed by atoms with Crippen LogP contribution in [0.15, 0.2) is 126 Å². The highest BCUT2D eigenvalue weighted by Gasteiger charge is 2.51. The first kappa shape index (κ1) is 22.1. The maximum absolute atomic E-state index is 13.2. The van der Waals surface area contributed by atoms with Gasteiger partial charge in [0.15, 0.2) is 0 Å². The molecule has 39 heavy (non-hydrogen) atoms. The monoisotopic (exact) mass is 502 g/mol. The van der Waals surface area contributed by atoms with E-state index in [1.165, 1.54) is 33.4 Å². The minimum Gasteiger partial charge on any atom is -0.318 e. The van der Waals surface area contributed by atoms with Gasteiger partial charge in [-0.3, -0.25) is 4.79 Å². The van der Waals surface area contributed by atoms with Crippen LogP contribution in [-0.2, 0) is 12.5 Å². The smallest absolute Gasteiger partial charge is 0.258 e. The van der Waals surface area contributed by atoms with Crippen molar-refractivity contribution in [2.45, 2.75) is 12.3 Å². The average molecular weight is 503 g/mol. The average Bonchev–Trinajstić information content (AvgIpc) is 3.27. The summed E-state index contributed by atoms with van der Waals surface area (Å²) in [7, 11) is 1.83. The molecule has 0 bridgehead atoms. The van der Waals surface area contributed by atoms with Crippen LogP contribution in [0.1, 0.15) is 27.8 Å². The number of hydrogen-bond acceptors (Lipinski definition) is 2. The van der Waals surface area contributed by atoms with E-state index in [1.54, 1.807) is 4.57 Å². The molecule has 3 heteroatoms. The minimum atomic E-state index is -0.430. The normalized spacial score (nSPS) is 14.2. The SMILES string of the molecule is Cc1cn(C)c(=O)c2cc(N3c4ccccc4C4(c5ccccc5-c5ccccc54)c4ccccc43)ccc12. The molecule has 1 spiro atoms. The van der Waals surface area contributed by atoms with Gasteiger partial charge >= 0.3 is 0 Å². The number of aromatic nitrogens is 1. The van der Waals surface area contributed by atoms with Crippen LogP contribution in [-0.4, -0.2) is 4.57 Å². The molecule has 0 saturated heterocycles. The lowest BCUT2D eigenvalue weighted by Crippen LogP contribution is -2.36. The maximum Gasteiger partial charge on any atom is 0.258 e. The van der Waals surface area contributed by atoms with Crippen molar-refractivity contribution in [1.29, 1.82) is 0 Å². The Morgan fingerprint density at radius 2 is 1.10 bits per heavy atom. The van der Waals surface area contributed by atoms with E-state index in [9.17, 15) is 4.79 Å². The summed E-state index contributed by atoms with van der Waals surface area (Å²) in [6.07, 6.45) is 1.91. The van der Waals surface area contributed by atoms with Gasteiger partial charge < -0.3 is 9.47 Å². The number of aryl methyl sites for hydroxylation is 2. The van der Waals surface area contributed by atoms with Crippen LogP contribution < -0.4 is 10.5 Å². The zero-order valence-electron chi connectivity index (χ0n) is 21.8. The molecule has 0 amide bonds. The van der Waals surface area contributed by atoms with Gasteiger partial charge in [-0.2, -0.15) is 0 Å². The molecule has 3 nitrogen and oxygen atoms in total. The Hall–Kier alpha value is -4.89. The Labute approximate surface area is 227 Å². The molecule has 1 aliphatic carbocycles. The van der Waals surface area contributed by atoms with Crippen molar-refractivity contribution in [3.05, 3.63) is 160 Å². The second-order valence-corrected chi connectivity index (χ2v) is 10.7. The molecule has 0 radical (unpaired) electrons. The van der Waals surface area contributed by atoms with Gasteiger partial charge in [0.25, 0.3) is 5.56 Å². The third kappa shape index (κ3) is 2.74. The highest BCUT2D eigenvalue weighted by atomic mass is 16.1. The standard InChI is InChI=1S/C36H26N2O/c1-23-22-37(2)35(39)28-21-24(19-20-25(23)28)38-33-17-9-7-15-31(33)36(32-16-8-10-18-34(32)38)29-13-5-3-11-26(29)27-12-4-6-14-30(27)36/h3-22H,1-2H3. The van der Waals surface area contributed by atoms with Gasteiger partial charge in [-0.15, -0.1) is 0 Å². The molecule has 1 aromatic heterocycles. The molecule has 186 valence electrons. The second kappa shape index (κ2) is 7.81. The van der Waals surface area contributed by atoms with E-state index in [0.29, 0.717) is 0 Å². The Bertz CT molecular complexity index is 1940. The quantitative estimate of drug-likeness (QED) is 0.227. The molecule has 0 atom stereocenters. The highest BCUT2D eigenvalue weighted by Crippen LogP contribution is 2.63. The van der Waals surface area contributed by atoms with Crippen molar-refractivity contribution >= 4 is 27.8 Å². The Morgan fingerprint density at radius 1 is 0.590 bits per heavy atom. The molecule has 1 aliphatic heterocycles. The Morgan fingerprint density at radius 3 is 1.69 bits per heavy atom. The van der Waals surface area contributed by atoms with E-state index in [4.69, 9.17) is 0 Å². The van der Waals surface area contributed by atoms with Gasteiger partial charge in [-0.25, -0.2) is 0 Å². The summed E-state index contributed by atoms with van der Waals surface area (Å²) in [5, 5.41) is 1.73. The predicted octanol–water partition coefficient (Wildman–Crippen LogP) is 7.99. The van der Waals surface area contributed by atoms with Gasteiger partial charge in [0, 0.05) is 24.3 Å². The third-order valence-corrected chi connectivity index (χ3v) is 8.67. The van der Waals surface area contributed by atoms with E-state index in [0.717, 1.165) is 33.4 Å². The van der Waals surface area contributed by atoms with E-state index in [2.05, 4.69) is 127 Å². The summed E-state index contributed by atoms with van der Waals surface area (Å²) in [6.45, 7) is 2.06. The lowest BCUT2D eigenvalue weighted by Gasteiger charge is -2.45. The fourth-order valence-corrected chi connectivity index (χ4v) is 7.14. The van der Waals surface area contributed by atoms with E-state index in [1.807, 2.05) is 13.2 Å². The topological polar surface area (TPSA) is 25.2 Å². The van der Waals surface area contributed by atoms with Crippen LogP contribution in [0.3, 0.4) is 0 Å². The van der Waals surface area contributed by atoms with Crippen molar-refractivity contribution in [3.63, 3.8) is 0 Å². The second-order valence-electron chi connectivity index (χ2n) is 10.7. The molecule has 2 aliphatic rings. The van der Waals surface area contributed by atoms with Gasteiger partial charge in [0.1, 0.15) is 0 Å². The minimum absolute atomic E-state index is 0.0196. The molecule has 8 rings (SSSR count). The first-order valence-electron chi connectivity index (χ1n) is 13.4. The van der Waals surface area contributed by atoms with Gasteiger partial charge in [0.05, 0.1) is 16.8 Å². The fourth-order valence-electron chi connectivity index (χ4n) is 7.14. The fraction of sp³-hybridized carbons (Fsp3) is 0.0833. The zero-order chi connectivity index (χ0) is 26.3. The maximum atomic E-state index is 13.2. The molecule has 6 aromatic rings. The third-order valence-electron chi connectivity index (χ3n) is 8.67. The molecule has 0 saturated carbocycles. The van der Waals surface area contributed by atoms with Crippen LogP contribution in [0, 0.1) is 6.92 Å². The van der Waals surface area contributed by atoms with Crippen molar-refractivity contribution in [1.82, 2.24) is 4.57 Å². The summed E-state index contributed by atoms with van der Waals surface area (Å²) in [5.74, 6) is 0. The van der Waals surface area contributed by atoms with Crippen LogP contribution in [0.2, 0.25) is 0 Å². The first-order chi connectivity index (χ1) is 19.1. The number of nitrogens with zero attached hydrogens (tertiary/aromatic N) is 2. The molecular weight excluding hydrogens is 476 g/mol. The number of anilines is 3. The molecule has 0 fully saturated rings. The number of para-hydroxylation sites is 2. The summed E-state index contributed by atoms with van der Waals surface area (Å²) in [6, 6.07) is 41.5. The molecule has 0 N–H and O–H groups in total. The molecule has 2 heterocycles. The van der Waals surface area contributed by atoms with Crippen LogP contribution >= 0.6 is 0 Å². The lowest BCUT2D eigenvalue weighted by atomic mass is 9.64. The number of rotatable bonds is 1. The van der Waals surface area contributed by atoms with Crippen LogP contribution in [0.5, 0.6) is 0 Å². The number of fused-ring (bicyclic) bond motifs is 10. The summed E-state index contributed by atoms with van der Waals surface area (Å²) in [5.41, 5.74) is 11.6. The Kier molecular flexibility index (Phi) is 4.43. The van der Waals surface area contributed by atoms with Crippen molar-refractivity contribution in [2.75, 3.05) is 4.90 Å².